The molecule has 0 atom stereocenters. The summed E-state index contributed by atoms with van der Waals surface area (Å²) in [5.41, 5.74) is 1.52. The lowest BCUT2D eigenvalue weighted by atomic mass is 9.83. The molecule has 0 bridgehead atoms. The van der Waals surface area contributed by atoms with Crippen molar-refractivity contribution >= 4 is 11.7 Å². The van der Waals surface area contributed by atoms with Crippen LogP contribution in [-0.4, -0.2) is 16.6 Å². The fourth-order valence-corrected chi connectivity index (χ4v) is 2.50. The molecule has 0 unspecified atom stereocenters. The summed E-state index contributed by atoms with van der Waals surface area (Å²) in [6.45, 7) is 2.25. The van der Waals surface area contributed by atoms with Gasteiger partial charge in [0, 0.05) is 11.2 Å². The molecular formula is C14H19NO2. The van der Waals surface area contributed by atoms with Crippen molar-refractivity contribution in [2.45, 2.75) is 44.6 Å². The molecular weight excluding hydrogens is 214 g/mol. The lowest BCUT2D eigenvalue weighted by molar-refractivity contribution is 0.0697. The Morgan fingerprint density at radius 1 is 1.18 bits per heavy atom. The third-order valence-electron chi connectivity index (χ3n) is 3.54. The Balaban J connectivity index is 2.05. The molecule has 2 rings (SSSR count). The maximum atomic E-state index is 10.7. The molecule has 0 heterocycles. The molecule has 92 valence electrons. The van der Waals surface area contributed by atoms with Crippen molar-refractivity contribution in [1.29, 1.82) is 0 Å². The number of hydrogen-bond acceptors (Lipinski definition) is 2. The lowest BCUT2D eigenvalue weighted by Gasteiger charge is -2.35. The van der Waals surface area contributed by atoms with E-state index in [-0.39, 0.29) is 5.54 Å². The van der Waals surface area contributed by atoms with Gasteiger partial charge in [0.25, 0.3) is 0 Å². The first-order chi connectivity index (χ1) is 8.09. The maximum Gasteiger partial charge on any atom is 0.335 e. The predicted octanol–water partition coefficient (Wildman–Crippen LogP) is 3.52. The number of nitrogens with one attached hydrogen (secondary N) is 1. The highest BCUT2D eigenvalue weighted by Gasteiger charge is 2.26. The summed E-state index contributed by atoms with van der Waals surface area (Å²) in [5.74, 6) is -0.875. The Kier molecular flexibility index (Phi) is 3.36. The molecule has 1 aliphatic rings. The normalized spacial score (nSPS) is 18.6. The number of rotatable bonds is 3. The van der Waals surface area contributed by atoms with Crippen LogP contribution in [0, 0.1) is 0 Å². The molecule has 1 fully saturated rings. The minimum atomic E-state index is -0.875. The van der Waals surface area contributed by atoms with Gasteiger partial charge in [-0.05, 0) is 44.0 Å². The molecule has 17 heavy (non-hydrogen) atoms. The van der Waals surface area contributed by atoms with Gasteiger partial charge in [-0.15, -0.1) is 0 Å². The number of anilines is 1. The monoisotopic (exact) mass is 233 g/mol. The number of benzene rings is 1. The molecule has 0 radical (unpaired) electrons. The summed E-state index contributed by atoms with van der Waals surface area (Å²) >= 11 is 0. The quantitative estimate of drug-likeness (QED) is 0.839. The molecule has 1 aromatic carbocycles. The summed E-state index contributed by atoms with van der Waals surface area (Å²) in [5, 5.41) is 12.4. The van der Waals surface area contributed by atoms with Gasteiger partial charge >= 0.3 is 5.97 Å². The molecule has 0 amide bonds. The average molecular weight is 233 g/mol. The number of carboxylic acid groups (broad SMARTS) is 1. The third kappa shape index (κ3) is 2.99. The van der Waals surface area contributed by atoms with Crippen molar-refractivity contribution in [3.8, 4) is 0 Å². The van der Waals surface area contributed by atoms with Gasteiger partial charge in [-0.3, -0.25) is 0 Å². The van der Waals surface area contributed by atoms with Crippen molar-refractivity contribution in [1.82, 2.24) is 0 Å². The van der Waals surface area contributed by atoms with E-state index >= 15 is 0 Å². The Morgan fingerprint density at radius 2 is 1.76 bits per heavy atom. The first kappa shape index (κ1) is 12.0. The van der Waals surface area contributed by atoms with Crippen molar-refractivity contribution in [2.24, 2.45) is 0 Å². The van der Waals surface area contributed by atoms with E-state index in [1.165, 1.54) is 32.1 Å². The molecule has 1 aliphatic carbocycles. The topological polar surface area (TPSA) is 49.3 Å². The highest BCUT2D eigenvalue weighted by atomic mass is 16.4. The molecule has 2 N–H and O–H groups in total. The first-order valence-corrected chi connectivity index (χ1v) is 6.21. The van der Waals surface area contributed by atoms with Crippen LogP contribution in [0.5, 0.6) is 0 Å². The number of carboxylic acids is 1. The van der Waals surface area contributed by atoms with Crippen LogP contribution < -0.4 is 5.32 Å². The van der Waals surface area contributed by atoms with Crippen molar-refractivity contribution in [2.75, 3.05) is 5.32 Å². The number of aromatic carboxylic acids is 1. The van der Waals surface area contributed by atoms with E-state index in [9.17, 15) is 4.79 Å². The second kappa shape index (κ2) is 4.78. The molecule has 3 nitrogen and oxygen atoms in total. The second-order valence-electron chi connectivity index (χ2n) is 5.13. The van der Waals surface area contributed by atoms with Crippen LogP contribution in [-0.2, 0) is 0 Å². The van der Waals surface area contributed by atoms with Gasteiger partial charge in [-0.1, -0.05) is 19.3 Å². The fraction of sp³-hybridized carbons (Fsp3) is 0.500. The zero-order valence-electron chi connectivity index (χ0n) is 10.2. The third-order valence-corrected chi connectivity index (χ3v) is 3.54. The molecule has 0 saturated heterocycles. The Morgan fingerprint density at radius 3 is 2.29 bits per heavy atom. The van der Waals surface area contributed by atoms with Crippen LogP contribution in [0.15, 0.2) is 24.3 Å². The maximum absolute atomic E-state index is 10.7. The fourth-order valence-electron chi connectivity index (χ4n) is 2.50. The minimum Gasteiger partial charge on any atom is -0.478 e. The predicted molar refractivity (Wildman–Crippen MR) is 68.5 cm³/mol. The molecule has 1 saturated carbocycles. The highest BCUT2D eigenvalue weighted by Crippen LogP contribution is 2.31. The summed E-state index contributed by atoms with van der Waals surface area (Å²) in [7, 11) is 0. The van der Waals surface area contributed by atoms with Crippen molar-refractivity contribution < 1.29 is 9.90 Å². The molecule has 0 aliphatic heterocycles. The number of carbonyl (C=O) groups is 1. The van der Waals surface area contributed by atoms with Gasteiger partial charge < -0.3 is 10.4 Å². The van der Waals surface area contributed by atoms with E-state index in [4.69, 9.17) is 5.11 Å². The molecule has 0 aromatic heterocycles. The van der Waals surface area contributed by atoms with Crippen molar-refractivity contribution in [3.05, 3.63) is 29.8 Å². The van der Waals surface area contributed by atoms with E-state index < -0.39 is 5.97 Å². The van der Waals surface area contributed by atoms with E-state index in [0.717, 1.165) is 5.69 Å². The van der Waals surface area contributed by atoms with Crippen LogP contribution in [0.25, 0.3) is 0 Å². The van der Waals surface area contributed by atoms with E-state index in [2.05, 4.69) is 12.2 Å². The van der Waals surface area contributed by atoms with Crippen LogP contribution in [0.2, 0.25) is 0 Å². The molecule has 1 aromatic rings. The first-order valence-electron chi connectivity index (χ1n) is 6.21. The highest BCUT2D eigenvalue weighted by molar-refractivity contribution is 5.88. The van der Waals surface area contributed by atoms with Crippen LogP contribution in [0.3, 0.4) is 0 Å². The Hall–Kier alpha value is -1.51. The zero-order chi connectivity index (χ0) is 12.3. The Labute approximate surface area is 102 Å². The van der Waals surface area contributed by atoms with Gasteiger partial charge in [0.1, 0.15) is 0 Å². The average Bonchev–Trinajstić information content (AvgIpc) is 2.30. The van der Waals surface area contributed by atoms with Crippen LogP contribution >= 0.6 is 0 Å². The van der Waals surface area contributed by atoms with E-state index in [0.29, 0.717) is 5.56 Å². The second-order valence-corrected chi connectivity index (χ2v) is 5.13. The van der Waals surface area contributed by atoms with E-state index in [1.807, 2.05) is 12.1 Å². The van der Waals surface area contributed by atoms with Crippen LogP contribution in [0.1, 0.15) is 49.4 Å². The van der Waals surface area contributed by atoms with Gasteiger partial charge in [0.15, 0.2) is 0 Å². The number of hydrogen-bond donors (Lipinski definition) is 2. The minimum absolute atomic E-state index is 0.170. The van der Waals surface area contributed by atoms with E-state index in [1.54, 1.807) is 12.1 Å². The van der Waals surface area contributed by atoms with Gasteiger partial charge in [-0.25, -0.2) is 4.79 Å². The largest absolute Gasteiger partial charge is 0.478 e. The zero-order valence-corrected chi connectivity index (χ0v) is 10.2. The summed E-state index contributed by atoms with van der Waals surface area (Å²) in [6, 6.07) is 7.00. The standard InChI is InChI=1S/C14H19NO2/c1-14(9-3-2-4-10-14)15-12-7-5-11(6-8-12)13(16)17/h5-8,15H,2-4,9-10H2,1H3,(H,16,17). The SMILES string of the molecule is CC1(Nc2ccc(C(=O)O)cc2)CCCCC1. The summed E-state index contributed by atoms with van der Waals surface area (Å²) in [6.07, 6.45) is 6.25. The summed E-state index contributed by atoms with van der Waals surface area (Å²) < 4.78 is 0. The molecule has 0 spiro atoms. The lowest BCUT2D eigenvalue weighted by Crippen LogP contribution is -2.36. The van der Waals surface area contributed by atoms with Crippen LogP contribution in [0.4, 0.5) is 5.69 Å². The molecule has 3 heteroatoms. The van der Waals surface area contributed by atoms with Gasteiger partial charge in [-0.2, -0.15) is 0 Å². The smallest absolute Gasteiger partial charge is 0.335 e. The van der Waals surface area contributed by atoms with Gasteiger partial charge in [0.05, 0.1) is 5.56 Å². The van der Waals surface area contributed by atoms with Gasteiger partial charge in [0.2, 0.25) is 0 Å². The van der Waals surface area contributed by atoms with Crippen molar-refractivity contribution in [3.63, 3.8) is 0 Å². The summed E-state index contributed by atoms with van der Waals surface area (Å²) in [4.78, 5) is 10.7. The Bertz CT molecular complexity index is 391.